The van der Waals surface area contributed by atoms with Crippen molar-refractivity contribution in [2.45, 2.75) is 18.9 Å². The van der Waals surface area contributed by atoms with Crippen LogP contribution in [0, 0.1) is 0 Å². The lowest BCUT2D eigenvalue weighted by molar-refractivity contribution is 0.193. The first-order valence-corrected chi connectivity index (χ1v) is 8.38. The lowest BCUT2D eigenvalue weighted by Gasteiger charge is -2.13. The molecule has 5 N–H and O–H groups in total. The monoisotopic (exact) mass is 336 g/mol. The Kier molecular flexibility index (Phi) is 5.21. The lowest BCUT2D eigenvalue weighted by atomic mass is 10.0. The Labute approximate surface area is 138 Å². The van der Waals surface area contributed by atoms with E-state index in [1.807, 2.05) is 11.4 Å². The number of nitrogens with two attached hydrogens (primary N) is 1. The smallest absolute Gasteiger partial charge is 0.224 e. The predicted octanol–water partition coefficient (Wildman–Crippen LogP) is 1.04. The molecular formula is C14H20N6O2S. The summed E-state index contributed by atoms with van der Waals surface area (Å²) in [6.07, 6.45) is 0.957. The van der Waals surface area contributed by atoms with E-state index < -0.39 is 0 Å². The second kappa shape index (κ2) is 7.53. The summed E-state index contributed by atoms with van der Waals surface area (Å²) in [4.78, 5) is 13.2. The molecular weight excluding hydrogens is 316 g/mol. The summed E-state index contributed by atoms with van der Waals surface area (Å²) in [5.41, 5.74) is 7.46. The third kappa shape index (κ3) is 4.27. The number of thiazole rings is 1. The van der Waals surface area contributed by atoms with Gasteiger partial charge in [-0.15, -0.1) is 11.3 Å². The van der Waals surface area contributed by atoms with Crippen molar-refractivity contribution < 1.29 is 9.84 Å². The van der Waals surface area contributed by atoms with Crippen molar-refractivity contribution >= 4 is 28.2 Å². The van der Waals surface area contributed by atoms with Gasteiger partial charge < -0.3 is 26.2 Å². The Bertz CT molecular complexity index is 644. The van der Waals surface area contributed by atoms with Crippen LogP contribution in [-0.2, 0) is 11.3 Å². The molecule has 8 nitrogen and oxygen atoms in total. The summed E-state index contributed by atoms with van der Waals surface area (Å²) in [5, 5.41) is 17.7. The number of nitrogens with one attached hydrogen (secondary N) is 2. The van der Waals surface area contributed by atoms with Gasteiger partial charge in [-0.05, 0) is 6.42 Å². The van der Waals surface area contributed by atoms with E-state index in [1.165, 1.54) is 11.3 Å². The fourth-order valence-electron chi connectivity index (χ4n) is 2.37. The largest absolute Gasteiger partial charge is 0.395 e. The minimum atomic E-state index is 0.0288. The molecule has 0 bridgehead atoms. The summed E-state index contributed by atoms with van der Waals surface area (Å²) in [6.45, 7) is 2.42. The van der Waals surface area contributed by atoms with E-state index in [2.05, 4.69) is 25.6 Å². The normalized spacial score (nSPS) is 17.3. The SMILES string of the molecule is Nc1nc(CNc2cc([C@@H]3CCOC3)nc(NCCO)n2)cs1. The number of anilines is 3. The summed E-state index contributed by atoms with van der Waals surface area (Å²) in [6, 6.07) is 1.94. The number of aliphatic hydroxyl groups excluding tert-OH is 1. The van der Waals surface area contributed by atoms with Crippen molar-refractivity contribution in [1.29, 1.82) is 0 Å². The van der Waals surface area contributed by atoms with Crippen LogP contribution in [0.1, 0.15) is 23.7 Å². The van der Waals surface area contributed by atoms with E-state index in [4.69, 9.17) is 15.6 Å². The third-order valence-corrected chi connectivity index (χ3v) is 4.23. The van der Waals surface area contributed by atoms with E-state index >= 15 is 0 Å². The van der Waals surface area contributed by atoms with Crippen molar-refractivity contribution in [3.8, 4) is 0 Å². The first-order valence-electron chi connectivity index (χ1n) is 7.50. The Morgan fingerprint density at radius 3 is 2.96 bits per heavy atom. The second-order valence-corrected chi connectivity index (χ2v) is 6.13. The number of aliphatic hydroxyl groups is 1. The zero-order valence-corrected chi connectivity index (χ0v) is 13.5. The van der Waals surface area contributed by atoms with Crippen LogP contribution < -0.4 is 16.4 Å². The highest BCUT2D eigenvalue weighted by Crippen LogP contribution is 2.26. The summed E-state index contributed by atoms with van der Waals surface area (Å²) < 4.78 is 5.44. The zero-order valence-electron chi connectivity index (χ0n) is 12.7. The van der Waals surface area contributed by atoms with Gasteiger partial charge in [0.1, 0.15) is 5.82 Å². The van der Waals surface area contributed by atoms with Gasteiger partial charge in [-0.3, -0.25) is 0 Å². The van der Waals surface area contributed by atoms with Gasteiger partial charge in [-0.25, -0.2) is 9.97 Å². The highest BCUT2D eigenvalue weighted by molar-refractivity contribution is 7.13. The number of ether oxygens (including phenoxy) is 1. The Morgan fingerprint density at radius 1 is 1.35 bits per heavy atom. The van der Waals surface area contributed by atoms with Crippen LogP contribution in [0.15, 0.2) is 11.4 Å². The zero-order chi connectivity index (χ0) is 16.1. The Balaban J connectivity index is 1.74. The summed E-state index contributed by atoms with van der Waals surface area (Å²) >= 11 is 1.41. The molecule has 0 unspecified atom stereocenters. The number of nitrogen functional groups attached to an aromatic ring is 1. The van der Waals surface area contributed by atoms with E-state index in [9.17, 15) is 0 Å². The van der Waals surface area contributed by atoms with Crippen molar-refractivity contribution in [3.05, 3.63) is 22.8 Å². The number of hydrogen-bond acceptors (Lipinski definition) is 9. The second-order valence-electron chi connectivity index (χ2n) is 5.24. The van der Waals surface area contributed by atoms with Crippen molar-refractivity contribution in [2.24, 2.45) is 0 Å². The molecule has 1 atom stereocenters. The van der Waals surface area contributed by atoms with E-state index in [1.54, 1.807) is 0 Å². The topological polar surface area (TPSA) is 118 Å². The fourth-order valence-corrected chi connectivity index (χ4v) is 2.93. The molecule has 9 heteroatoms. The predicted molar refractivity (Wildman–Crippen MR) is 89.6 cm³/mol. The minimum Gasteiger partial charge on any atom is -0.395 e. The molecule has 23 heavy (non-hydrogen) atoms. The molecule has 0 amide bonds. The maximum atomic E-state index is 8.96. The van der Waals surface area contributed by atoms with Crippen LogP contribution in [0.5, 0.6) is 0 Å². The maximum absolute atomic E-state index is 8.96. The van der Waals surface area contributed by atoms with Crippen LogP contribution in [-0.4, -0.2) is 46.4 Å². The van der Waals surface area contributed by atoms with Gasteiger partial charge in [0.15, 0.2) is 5.13 Å². The molecule has 0 aliphatic carbocycles. The molecule has 3 heterocycles. The van der Waals surface area contributed by atoms with Crippen LogP contribution in [0.2, 0.25) is 0 Å². The molecule has 2 aromatic heterocycles. The van der Waals surface area contributed by atoms with Gasteiger partial charge >= 0.3 is 0 Å². The van der Waals surface area contributed by atoms with Gasteiger partial charge in [-0.2, -0.15) is 4.98 Å². The van der Waals surface area contributed by atoms with Crippen LogP contribution >= 0.6 is 11.3 Å². The number of rotatable bonds is 7. The van der Waals surface area contributed by atoms with Gasteiger partial charge in [0, 0.05) is 30.5 Å². The fraction of sp³-hybridized carbons (Fsp3) is 0.500. The molecule has 0 radical (unpaired) electrons. The van der Waals surface area contributed by atoms with E-state index in [0.717, 1.165) is 24.4 Å². The maximum Gasteiger partial charge on any atom is 0.224 e. The third-order valence-electron chi connectivity index (χ3n) is 3.51. The van der Waals surface area contributed by atoms with Crippen LogP contribution in [0.25, 0.3) is 0 Å². The van der Waals surface area contributed by atoms with E-state index in [0.29, 0.717) is 36.6 Å². The van der Waals surface area contributed by atoms with Gasteiger partial charge in [0.25, 0.3) is 0 Å². The number of nitrogens with zero attached hydrogens (tertiary/aromatic N) is 3. The number of aromatic nitrogens is 3. The summed E-state index contributed by atoms with van der Waals surface area (Å²) in [5.74, 6) is 1.50. The minimum absolute atomic E-state index is 0.0288. The molecule has 0 spiro atoms. The molecule has 0 aromatic carbocycles. The molecule has 1 aliphatic heterocycles. The van der Waals surface area contributed by atoms with Gasteiger partial charge in [0.05, 0.1) is 31.1 Å². The van der Waals surface area contributed by atoms with E-state index in [-0.39, 0.29) is 12.5 Å². The Morgan fingerprint density at radius 2 is 2.26 bits per heavy atom. The average Bonchev–Trinajstić information content (AvgIpc) is 3.22. The Hall–Kier alpha value is -1.97. The molecule has 3 rings (SSSR count). The van der Waals surface area contributed by atoms with Gasteiger partial charge in [-0.1, -0.05) is 0 Å². The summed E-state index contributed by atoms with van der Waals surface area (Å²) in [7, 11) is 0. The first-order chi connectivity index (χ1) is 11.2. The quantitative estimate of drug-likeness (QED) is 0.592. The van der Waals surface area contributed by atoms with Crippen molar-refractivity contribution in [1.82, 2.24) is 15.0 Å². The number of hydrogen-bond donors (Lipinski definition) is 4. The molecule has 1 saturated heterocycles. The first kappa shape index (κ1) is 15.9. The van der Waals surface area contributed by atoms with Crippen LogP contribution in [0.4, 0.5) is 16.9 Å². The molecule has 2 aromatic rings. The molecule has 1 aliphatic rings. The molecule has 0 saturated carbocycles. The highest BCUT2D eigenvalue weighted by Gasteiger charge is 2.20. The average molecular weight is 336 g/mol. The standard InChI is InChI=1S/C14H20N6O2S/c15-13-18-10(8-23-13)6-17-12-5-11(9-1-4-22-7-9)19-14(20-12)16-2-3-21/h5,8-9,21H,1-4,6-7H2,(H2,15,18)(H2,16,17,19,20)/t9-/m1/s1. The molecule has 124 valence electrons. The van der Waals surface area contributed by atoms with Gasteiger partial charge in [0.2, 0.25) is 5.95 Å². The lowest BCUT2D eigenvalue weighted by Crippen LogP contribution is -2.13. The van der Waals surface area contributed by atoms with Crippen molar-refractivity contribution in [3.63, 3.8) is 0 Å². The van der Waals surface area contributed by atoms with Crippen LogP contribution in [0.3, 0.4) is 0 Å². The molecule has 1 fully saturated rings. The van der Waals surface area contributed by atoms with Crippen molar-refractivity contribution in [2.75, 3.05) is 42.7 Å². The highest BCUT2D eigenvalue weighted by atomic mass is 32.1.